The molecule has 1 aliphatic carbocycles. The third-order valence-corrected chi connectivity index (χ3v) is 7.98. The van der Waals surface area contributed by atoms with Crippen LogP contribution < -0.4 is 0 Å². The Morgan fingerprint density at radius 3 is 1.88 bits per heavy atom. The number of allylic oxidation sites excluding steroid dienone is 5. The zero-order chi connectivity index (χ0) is 32.1. The summed E-state index contributed by atoms with van der Waals surface area (Å²) in [7, 11) is 0. The van der Waals surface area contributed by atoms with Crippen molar-refractivity contribution in [1.29, 1.82) is 0 Å². The van der Waals surface area contributed by atoms with Crippen molar-refractivity contribution >= 4 is 5.57 Å². The first-order valence-electron chi connectivity index (χ1n) is 17.3. The van der Waals surface area contributed by atoms with Crippen LogP contribution in [0.3, 0.4) is 0 Å². The summed E-state index contributed by atoms with van der Waals surface area (Å²) in [6, 6.07) is 6.96. The number of nitrogens with zero attached hydrogens (tertiary/aromatic N) is 1. The smallest absolute Gasteiger partial charge is 0.000701 e. The lowest BCUT2D eigenvalue weighted by atomic mass is 9.63. The molecular formula is C40H73N. The first-order chi connectivity index (χ1) is 19.4. The molecular weight excluding hydrogens is 494 g/mol. The second kappa shape index (κ2) is 22.9. The van der Waals surface area contributed by atoms with Gasteiger partial charge in [0.1, 0.15) is 0 Å². The topological polar surface area (TPSA) is 3.24 Å². The predicted molar refractivity (Wildman–Crippen MR) is 192 cm³/mol. The highest BCUT2D eigenvalue weighted by Crippen LogP contribution is 2.46. The van der Waals surface area contributed by atoms with Crippen LogP contribution in [0.4, 0.5) is 0 Å². The molecule has 0 saturated carbocycles. The standard InChI is InChI=1S/C24H34.C12H27N.2C2H6/c1-8-10-18(2)11-9-12-19(3)20-13-14-21-22(17-20)24(6,7)16-15-23(21,4)5;1-5-8-12(4)11-13(9-6-2)10-7-3;2*1-2/h9,11-14,17H,3,8,10,15-16H2,1-2,4-7H3;12H,5-11H2,1-4H3;2*1-2H3/b12-9-,18-11-;;;. The van der Waals surface area contributed by atoms with Gasteiger partial charge in [0.2, 0.25) is 0 Å². The molecule has 0 bridgehead atoms. The van der Waals surface area contributed by atoms with Gasteiger partial charge >= 0.3 is 0 Å². The number of fused-ring (bicyclic) bond motifs is 1. The van der Waals surface area contributed by atoms with Gasteiger partial charge in [-0.05, 0) is 97.5 Å². The molecule has 1 heteroatoms. The van der Waals surface area contributed by atoms with Crippen molar-refractivity contribution in [3.63, 3.8) is 0 Å². The second-order valence-electron chi connectivity index (χ2n) is 12.9. The van der Waals surface area contributed by atoms with Gasteiger partial charge < -0.3 is 4.90 Å². The van der Waals surface area contributed by atoms with Gasteiger partial charge in [0.25, 0.3) is 0 Å². The predicted octanol–water partition coefficient (Wildman–Crippen LogP) is 12.9. The van der Waals surface area contributed by atoms with Gasteiger partial charge in [0.15, 0.2) is 0 Å². The van der Waals surface area contributed by atoms with E-state index in [-0.39, 0.29) is 10.8 Å². The Morgan fingerprint density at radius 1 is 0.854 bits per heavy atom. The van der Waals surface area contributed by atoms with Crippen molar-refractivity contribution in [3.05, 3.63) is 65.3 Å². The van der Waals surface area contributed by atoms with E-state index >= 15 is 0 Å². The van der Waals surface area contributed by atoms with Crippen LogP contribution in [-0.2, 0) is 10.8 Å². The Bertz CT molecular complexity index is 861. The minimum absolute atomic E-state index is 0.252. The van der Waals surface area contributed by atoms with E-state index in [1.165, 1.54) is 93.3 Å². The van der Waals surface area contributed by atoms with Crippen molar-refractivity contribution in [1.82, 2.24) is 4.90 Å². The van der Waals surface area contributed by atoms with E-state index in [0.29, 0.717) is 0 Å². The van der Waals surface area contributed by atoms with Crippen LogP contribution in [0.5, 0.6) is 0 Å². The summed E-state index contributed by atoms with van der Waals surface area (Å²) >= 11 is 0. The van der Waals surface area contributed by atoms with Crippen molar-refractivity contribution in [2.45, 2.75) is 159 Å². The highest BCUT2D eigenvalue weighted by molar-refractivity contribution is 5.73. The van der Waals surface area contributed by atoms with Crippen LogP contribution in [0.25, 0.3) is 5.57 Å². The van der Waals surface area contributed by atoms with E-state index in [9.17, 15) is 0 Å². The van der Waals surface area contributed by atoms with Crippen LogP contribution in [-0.4, -0.2) is 24.5 Å². The van der Waals surface area contributed by atoms with Gasteiger partial charge in [-0.25, -0.2) is 0 Å². The highest BCUT2D eigenvalue weighted by atomic mass is 15.1. The number of hydrogen-bond donors (Lipinski definition) is 0. The molecule has 0 aromatic heterocycles. The quantitative estimate of drug-likeness (QED) is 0.214. The lowest BCUT2D eigenvalue weighted by Gasteiger charge is -2.42. The molecule has 41 heavy (non-hydrogen) atoms. The maximum atomic E-state index is 4.28. The van der Waals surface area contributed by atoms with Gasteiger partial charge in [-0.2, -0.15) is 0 Å². The summed E-state index contributed by atoms with van der Waals surface area (Å²) in [5, 5.41) is 0. The largest absolute Gasteiger partial charge is 0.303 e. The monoisotopic (exact) mass is 568 g/mol. The first-order valence-corrected chi connectivity index (χ1v) is 17.3. The number of benzene rings is 1. The molecule has 1 aromatic carbocycles. The Kier molecular flexibility index (Phi) is 23.2. The molecule has 0 saturated heterocycles. The molecule has 1 aromatic rings. The van der Waals surface area contributed by atoms with Crippen molar-refractivity contribution in [2.24, 2.45) is 5.92 Å². The van der Waals surface area contributed by atoms with E-state index in [1.54, 1.807) is 0 Å². The summed E-state index contributed by atoms with van der Waals surface area (Å²) in [6.45, 7) is 39.2. The molecule has 0 fully saturated rings. The maximum absolute atomic E-state index is 4.28. The summed E-state index contributed by atoms with van der Waals surface area (Å²) in [5.41, 5.74) is 7.31. The molecule has 2 rings (SSSR count). The molecule has 0 amide bonds. The van der Waals surface area contributed by atoms with Crippen LogP contribution in [0, 0.1) is 5.92 Å². The fourth-order valence-electron chi connectivity index (χ4n) is 5.64. The SMILES string of the molecule is C=C(/C=C\C=C(\C)CCC)c1ccc2c(c1)C(C)(C)CCC2(C)C.CC.CC.CCCC(C)CN(CCC)CCC. The molecule has 1 aliphatic rings. The Balaban J connectivity index is 0. The maximum Gasteiger partial charge on any atom is 0.000701 e. The molecule has 0 heterocycles. The van der Waals surface area contributed by atoms with Gasteiger partial charge in [0.05, 0.1) is 0 Å². The molecule has 0 radical (unpaired) electrons. The van der Waals surface area contributed by atoms with Crippen molar-refractivity contribution < 1.29 is 0 Å². The highest BCUT2D eigenvalue weighted by Gasteiger charge is 2.36. The lowest BCUT2D eigenvalue weighted by Crippen LogP contribution is -2.33. The number of hydrogen-bond acceptors (Lipinski definition) is 1. The van der Waals surface area contributed by atoms with Crippen LogP contribution in [0.15, 0.2) is 48.6 Å². The second-order valence-corrected chi connectivity index (χ2v) is 12.9. The molecule has 238 valence electrons. The molecule has 1 unspecified atom stereocenters. The Hall–Kier alpha value is -1.60. The first kappa shape index (κ1) is 41.5. The minimum Gasteiger partial charge on any atom is -0.303 e. The third kappa shape index (κ3) is 16.0. The molecule has 1 nitrogen and oxygen atoms in total. The molecule has 1 atom stereocenters. The minimum atomic E-state index is 0.252. The van der Waals surface area contributed by atoms with E-state index in [4.69, 9.17) is 0 Å². The van der Waals surface area contributed by atoms with E-state index < -0.39 is 0 Å². The molecule has 0 N–H and O–H groups in total. The van der Waals surface area contributed by atoms with E-state index in [1.807, 2.05) is 27.7 Å². The summed E-state index contributed by atoms with van der Waals surface area (Å²) in [6.07, 6.45) is 16.6. The Labute approximate surface area is 260 Å². The molecule has 0 spiro atoms. The van der Waals surface area contributed by atoms with Crippen LogP contribution in [0.1, 0.15) is 165 Å². The third-order valence-electron chi connectivity index (χ3n) is 7.98. The zero-order valence-electron chi connectivity index (χ0n) is 30.5. The summed E-state index contributed by atoms with van der Waals surface area (Å²) in [4.78, 5) is 2.61. The fourth-order valence-corrected chi connectivity index (χ4v) is 5.64. The summed E-state index contributed by atoms with van der Waals surface area (Å²) < 4.78 is 0. The zero-order valence-corrected chi connectivity index (χ0v) is 30.5. The van der Waals surface area contributed by atoms with Crippen LogP contribution >= 0.6 is 0 Å². The van der Waals surface area contributed by atoms with Gasteiger partial charge in [-0.1, -0.05) is 151 Å². The van der Waals surface area contributed by atoms with Crippen molar-refractivity contribution in [3.8, 4) is 0 Å². The lowest BCUT2D eigenvalue weighted by molar-refractivity contribution is 0.232. The average molecular weight is 568 g/mol. The van der Waals surface area contributed by atoms with E-state index in [2.05, 4.69) is 117 Å². The number of rotatable bonds is 13. The normalized spacial score (nSPS) is 15.9. The van der Waals surface area contributed by atoms with Gasteiger partial charge in [-0.15, -0.1) is 0 Å². The Morgan fingerprint density at radius 2 is 1.39 bits per heavy atom. The van der Waals surface area contributed by atoms with E-state index in [0.717, 1.165) is 11.5 Å². The van der Waals surface area contributed by atoms with Crippen LogP contribution in [0.2, 0.25) is 0 Å². The van der Waals surface area contributed by atoms with Gasteiger partial charge in [-0.3, -0.25) is 0 Å². The van der Waals surface area contributed by atoms with Crippen molar-refractivity contribution in [2.75, 3.05) is 19.6 Å². The average Bonchev–Trinajstić information content (AvgIpc) is 2.94. The molecule has 0 aliphatic heterocycles. The van der Waals surface area contributed by atoms with Gasteiger partial charge in [0, 0.05) is 6.54 Å². The fraction of sp³-hybridized carbons (Fsp3) is 0.700. The summed E-state index contributed by atoms with van der Waals surface area (Å²) in [5.74, 6) is 0.878.